The number of aliphatic hydroxyl groups excluding tert-OH is 1. The van der Waals surface area contributed by atoms with Gasteiger partial charge in [-0.2, -0.15) is 0 Å². The van der Waals surface area contributed by atoms with E-state index >= 15 is 4.79 Å². The van der Waals surface area contributed by atoms with Gasteiger partial charge in [-0.15, -0.1) is 105 Å². The summed E-state index contributed by atoms with van der Waals surface area (Å²) in [6.45, 7) is 8.63. The van der Waals surface area contributed by atoms with Gasteiger partial charge in [0.2, 0.25) is 0 Å². The van der Waals surface area contributed by atoms with Crippen molar-refractivity contribution in [2.24, 2.45) is 16.7 Å². The Kier molecular flexibility index (Phi) is 28.6. The maximum absolute atomic E-state index is 15.0. The average molecular weight is 1150 g/mol. The van der Waals surface area contributed by atoms with E-state index < -0.39 is 112 Å². The number of methoxy groups -OCH3 is 1. The van der Waals surface area contributed by atoms with Crippen molar-refractivity contribution in [1.29, 1.82) is 0 Å². The Balaban J connectivity index is 3.00. The lowest BCUT2D eigenvalue weighted by molar-refractivity contribution is -0.156. The molecular weight excluding hydrogens is 1090 g/mol. The molecule has 0 aromatic carbocycles. The molecule has 0 radical (unpaired) electrons. The fourth-order valence-electron chi connectivity index (χ4n) is 6.51. The van der Waals surface area contributed by atoms with Crippen LogP contribution in [0.5, 0.6) is 0 Å². The van der Waals surface area contributed by atoms with Crippen LogP contribution in [0.15, 0.2) is 23.8 Å². The summed E-state index contributed by atoms with van der Waals surface area (Å²) in [5, 5.41) is 12.3. The van der Waals surface area contributed by atoms with Crippen LogP contribution in [0.3, 0.4) is 0 Å². The van der Waals surface area contributed by atoms with E-state index in [1.54, 1.807) is 6.08 Å². The summed E-state index contributed by atoms with van der Waals surface area (Å²) in [6.07, 6.45) is -0.284. The molecule has 0 aromatic rings. The van der Waals surface area contributed by atoms with Crippen molar-refractivity contribution in [3.8, 4) is 0 Å². The van der Waals surface area contributed by atoms with Crippen LogP contribution in [0, 0.1) is 16.7 Å². The molecule has 52 heavy (non-hydrogen) atoms. The van der Waals surface area contributed by atoms with Gasteiger partial charge in [-0.25, -0.2) is 4.79 Å². The van der Waals surface area contributed by atoms with Crippen molar-refractivity contribution in [2.45, 2.75) is 77.8 Å². The first-order valence-corrected chi connectivity index (χ1v) is 55.7. The Morgan fingerprint density at radius 2 is 1.50 bits per heavy atom. The molecule has 30 heteroatoms. The van der Waals surface area contributed by atoms with E-state index in [0.717, 1.165) is 11.1 Å². The second-order valence-electron chi connectivity index (χ2n) is 12.6. The van der Waals surface area contributed by atoms with Crippen LogP contribution >= 0.6 is 186 Å². The summed E-state index contributed by atoms with van der Waals surface area (Å²) >= 11 is 0. The lowest BCUT2D eigenvalue weighted by Crippen LogP contribution is -2.58. The molecule has 1 N–H and O–H groups in total. The van der Waals surface area contributed by atoms with E-state index in [4.69, 9.17) is 18.5 Å². The van der Waals surface area contributed by atoms with Gasteiger partial charge in [0, 0.05) is 26.9 Å². The number of hydrogen-bond acceptors (Lipinski definition) is 7. The number of carbonyl (C=O) groups excluding carboxylic acids is 2. The molecule has 23 atom stereocenters. The van der Waals surface area contributed by atoms with Gasteiger partial charge in [0.15, 0.2) is 5.78 Å². The SMILES string of the molecule is C=CCC[C@H](OC(=O)OC)[C@@]1(C)C[C@@H](OP(P(P)P)P(PP)P(P)P)C2=C(C)[C@@H](OP(P(P)P(P)P)P(P(P)P)P(P)P)CC([C@@H](O)C1=O)C2(C)C. The molecule has 0 heterocycles. The first-order chi connectivity index (χ1) is 24.0. The molecule has 2 aliphatic carbocycles. The molecule has 0 spiro atoms. The standard InChI is InChI=1S/C22H57O7P23/c1-7-8-9-16(27-20(25)26-6)22(5)11-15(29-43(45(31)32)51(42-30)47(35)36)17-12(2)14(10-13(21(17,3)4)18(23)19(22)24)28-44(50(41)46(33)34)52(48(37)38)49(39)40/h7,13-16,18,23,42H,1,8-11,30-41H2,2-6H3/t13?,14-,15+,16-,18+,22+,43?,44?,50?,51?/m0/s1. The summed E-state index contributed by atoms with van der Waals surface area (Å²) in [6, 6.07) is 0. The quantitative estimate of drug-likeness (QED) is 0.0830. The van der Waals surface area contributed by atoms with Crippen LogP contribution in [-0.4, -0.2) is 48.6 Å². The molecule has 302 valence electrons. The highest BCUT2D eigenvalue weighted by Gasteiger charge is 2.59. The van der Waals surface area contributed by atoms with Crippen LogP contribution < -0.4 is 0 Å². The zero-order valence-corrected chi connectivity index (χ0v) is 53.6. The van der Waals surface area contributed by atoms with Crippen LogP contribution in [0.25, 0.3) is 0 Å². The van der Waals surface area contributed by atoms with Crippen LogP contribution in [-0.2, 0) is 23.3 Å². The smallest absolute Gasteiger partial charge is 0.438 e. The van der Waals surface area contributed by atoms with E-state index in [1.165, 1.54) is 7.11 Å². The normalized spacial score (nSPS) is 28.5. The molecular formula is C22H57O7P23. The monoisotopic (exact) mass is 1150 g/mol. The van der Waals surface area contributed by atoms with Gasteiger partial charge in [0.25, 0.3) is 0 Å². The second-order valence-corrected chi connectivity index (χ2v) is 95.9. The van der Waals surface area contributed by atoms with E-state index in [1.807, 2.05) is 6.92 Å². The van der Waals surface area contributed by atoms with Gasteiger partial charge < -0.3 is 23.6 Å². The molecule has 0 aromatic heterocycles. The summed E-state index contributed by atoms with van der Waals surface area (Å²) < 4.78 is 25.9. The predicted octanol–water partition coefficient (Wildman–Crippen LogP) is 16.6. The van der Waals surface area contributed by atoms with E-state index in [0.29, 0.717) is 27.2 Å². The topological polar surface area (TPSA) is 91.3 Å². The highest BCUT2D eigenvalue weighted by atomic mass is 33.2. The van der Waals surface area contributed by atoms with Crippen LogP contribution in [0.2, 0.25) is 0 Å². The number of rotatable bonds is 18. The second kappa shape index (κ2) is 26.4. The summed E-state index contributed by atoms with van der Waals surface area (Å²) in [7, 11) is 36.9. The molecule has 1 fully saturated rings. The van der Waals surface area contributed by atoms with Gasteiger partial charge in [-0.3, -0.25) is 4.79 Å². The van der Waals surface area contributed by atoms with Gasteiger partial charge in [-0.1, -0.05) is 36.8 Å². The summed E-state index contributed by atoms with van der Waals surface area (Å²) in [5.41, 5.74) is 0.447. The van der Waals surface area contributed by atoms with Gasteiger partial charge >= 0.3 is 6.16 Å². The summed E-state index contributed by atoms with van der Waals surface area (Å²) in [5.74, 6) is -0.757. The Morgan fingerprint density at radius 3 is 1.94 bits per heavy atom. The molecule has 7 nitrogen and oxygen atoms in total. The highest BCUT2D eigenvalue weighted by molar-refractivity contribution is 9.19. The van der Waals surface area contributed by atoms with Crippen molar-refractivity contribution in [3.63, 3.8) is 0 Å². The highest BCUT2D eigenvalue weighted by Crippen LogP contribution is 3.18. The lowest BCUT2D eigenvalue weighted by Gasteiger charge is -2.54. The minimum atomic E-state index is -1.30. The molecule has 18 unspecified atom stereocenters. The van der Waals surface area contributed by atoms with Crippen molar-refractivity contribution in [3.05, 3.63) is 23.8 Å². The predicted molar refractivity (Wildman–Crippen MR) is 299 cm³/mol. The molecule has 0 saturated heterocycles. The zero-order chi connectivity index (χ0) is 40.0. The number of fused-ring (bicyclic) bond motifs is 2. The molecule has 2 aliphatic rings. The fraction of sp³-hybridized carbons (Fsp3) is 0.727. The number of hydrogen-bond donors (Lipinski definition) is 1. The number of ketones is 1. The minimum absolute atomic E-state index is 0.259. The third-order valence-corrected chi connectivity index (χ3v) is 127. The number of carbonyl (C=O) groups is 2. The lowest BCUT2D eigenvalue weighted by atomic mass is 9.55. The molecule has 0 amide bonds. The molecule has 2 bridgehead atoms. The first-order valence-electron chi connectivity index (χ1n) is 15.3. The van der Waals surface area contributed by atoms with Crippen LogP contribution in [0.1, 0.15) is 53.4 Å². The number of ether oxygens (including phenoxy) is 2. The number of Topliss-reactive ketones (excluding diaryl/α,β-unsaturated/α-hetero) is 1. The van der Waals surface area contributed by atoms with Crippen molar-refractivity contribution < 1.29 is 33.2 Å². The van der Waals surface area contributed by atoms with E-state index in [9.17, 15) is 9.90 Å². The van der Waals surface area contributed by atoms with Gasteiger partial charge in [-0.05, 0) is 91.0 Å². The fourth-order valence-corrected chi connectivity index (χ4v) is 169. The third kappa shape index (κ3) is 14.9. The maximum Gasteiger partial charge on any atom is 0.508 e. The average Bonchev–Trinajstić information content (AvgIpc) is 3.04. The van der Waals surface area contributed by atoms with Gasteiger partial charge in [0.1, 0.15) is 12.2 Å². The van der Waals surface area contributed by atoms with Gasteiger partial charge in [0.05, 0.1) is 39.8 Å². The van der Waals surface area contributed by atoms with E-state index in [2.05, 4.69) is 134 Å². The summed E-state index contributed by atoms with van der Waals surface area (Å²) in [4.78, 5) is 27.7. The zero-order valence-electron chi connectivity index (χ0n) is 29.8. The van der Waals surface area contributed by atoms with E-state index in [-0.39, 0.29) is 18.3 Å². The number of allylic oxidation sites excluding steroid dienone is 1. The van der Waals surface area contributed by atoms with Crippen molar-refractivity contribution in [2.75, 3.05) is 7.11 Å². The Morgan fingerprint density at radius 1 is 0.942 bits per heavy atom. The third-order valence-electron chi connectivity index (χ3n) is 9.00. The Labute approximate surface area is 353 Å². The molecule has 1 saturated carbocycles. The first kappa shape index (κ1) is 56.3. The number of aliphatic hydroxyl groups is 1. The Hall–Kier alpha value is 8.19. The maximum atomic E-state index is 15.0. The minimum Gasteiger partial charge on any atom is -0.438 e. The van der Waals surface area contributed by atoms with Crippen LogP contribution in [0.4, 0.5) is 4.79 Å². The van der Waals surface area contributed by atoms with Crippen molar-refractivity contribution in [1.82, 2.24) is 0 Å². The van der Waals surface area contributed by atoms with Crippen molar-refractivity contribution >= 4 is 198 Å². The Bertz CT molecular complexity index is 1230. The molecule has 2 rings (SSSR count). The molecule has 0 aliphatic heterocycles. The largest absolute Gasteiger partial charge is 0.508 e.